The second kappa shape index (κ2) is 7.65. The molecule has 0 aromatic heterocycles. The van der Waals surface area contributed by atoms with Crippen LogP contribution in [-0.4, -0.2) is 28.2 Å². The molecule has 3 aromatic carbocycles. The maximum Gasteiger partial charge on any atom is 0.278 e. The van der Waals surface area contributed by atoms with E-state index in [2.05, 4.69) is 15.9 Å². The molecular formula is C23H19BrN2O4. The Morgan fingerprint density at radius 1 is 1.03 bits per heavy atom. The summed E-state index contributed by atoms with van der Waals surface area (Å²) in [6, 6.07) is 12.0. The number of carbonyl (C=O) groups is 2. The summed E-state index contributed by atoms with van der Waals surface area (Å²) in [7, 11) is 0. The van der Waals surface area contributed by atoms with Crippen LogP contribution in [0, 0.1) is 17.0 Å². The van der Waals surface area contributed by atoms with E-state index in [1.807, 2.05) is 32.0 Å². The average Bonchev–Trinajstić information content (AvgIpc) is 2.71. The number of nitro groups is 1. The van der Waals surface area contributed by atoms with Crippen LogP contribution in [0.1, 0.15) is 46.0 Å². The van der Waals surface area contributed by atoms with Gasteiger partial charge in [-0.3, -0.25) is 24.6 Å². The SMILES string of the molecule is CCCCN1C(=O)c2cccc3c(-c4ccc(Br)cc4C)c([N+](=O)[O-])cc(c23)C1=O. The van der Waals surface area contributed by atoms with Crippen molar-refractivity contribution in [2.75, 3.05) is 6.54 Å². The van der Waals surface area contributed by atoms with Crippen molar-refractivity contribution in [3.8, 4) is 11.1 Å². The molecule has 1 aliphatic heterocycles. The third-order valence-corrected chi connectivity index (χ3v) is 5.97. The molecule has 30 heavy (non-hydrogen) atoms. The number of hydrogen-bond acceptors (Lipinski definition) is 4. The molecule has 0 bridgehead atoms. The molecule has 1 heterocycles. The van der Waals surface area contributed by atoms with Crippen LogP contribution in [0.3, 0.4) is 0 Å². The van der Waals surface area contributed by atoms with Crippen LogP contribution in [-0.2, 0) is 0 Å². The monoisotopic (exact) mass is 466 g/mol. The fourth-order valence-corrected chi connectivity index (χ4v) is 4.53. The lowest BCUT2D eigenvalue weighted by Crippen LogP contribution is -2.40. The number of imide groups is 1. The van der Waals surface area contributed by atoms with E-state index >= 15 is 0 Å². The maximum absolute atomic E-state index is 13.1. The molecule has 1 aliphatic rings. The lowest BCUT2D eigenvalue weighted by atomic mass is 9.86. The van der Waals surface area contributed by atoms with Gasteiger partial charge in [0.1, 0.15) is 0 Å². The maximum atomic E-state index is 13.1. The molecule has 0 spiro atoms. The lowest BCUT2D eigenvalue weighted by Gasteiger charge is -2.28. The minimum atomic E-state index is -0.473. The van der Waals surface area contributed by atoms with Gasteiger partial charge in [0.15, 0.2) is 0 Å². The first kappa shape index (κ1) is 20.2. The highest BCUT2D eigenvalue weighted by Gasteiger charge is 2.36. The minimum absolute atomic E-state index is 0.141. The van der Waals surface area contributed by atoms with Gasteiger partial charge < -0.3 is 0 Å². The van der Waals surface area contributed by atoms with Crippen molar-refractivity contribution in [1.29, 1.82) is 0 Å². The van der Waals surface area contributed by atoms with Crippen molar-refractivity contribution in [1.82, 2.24) is 4.90 Å². The number of aryl methyl sites for hydroxylation is 1. The smallest absolute Gasteiger partial charge is 0.274 e. The molecule has 0 unspecified atom stereocenters. The highest BCUT2D eigenvalue weighted by Crippen LogP contribution is 2.43. The van der Waals surface area contributed by atoms with Crippen LogP contribution in [0.25, 0.3) is 21.9 Å². The summed E-state index contributed by atoms with van der Waals surface area (Å²) in [4.78, 5) is 39.0. The van der Waals surface area contributed by atoms with Gasteiger partial charge >= 0.3 is 0 Å². The number of halogens is 1. The number of rotatable bonds is 5. The molecule has 0 saturated carbocycles. The predicted molar refractivity (Wildman–Crippen MR) is 119 cm³/mol. The Kier molecular flexibility index (Phi) is 5.15. The zero-order valence-corrected chi connectivity index (χ0v) is 18.2. The van der Waals surface area contributed by atoms with Crippen molar-refractivity contribution < 1.29 is 14.5 Å². The predicted octanol–water partition coefficient (Wildman–Crippen LogP) is 5.88. The van der Waals surface area contributed by atoms with E-state index in [1.165, 1.54) is 11.0 Å². The lowest BCUT2D eigenvalue weighted by molar-refractivity contribution is -0.384. The van der Waals surface area contributed by atoms with Gasteiger partial charge in [0.2, 0.25) is 0 Å². The van der Waals surface area contributed by atoms with E-state index in [0.29, 0.717) is 40.4 Å². The molecule has 2 amide bonds. The average molecular weight is 467 g/mol. The highest BCUT2D eigenvalue weighted by molar-refractivity contribution is 9.10. The highest BCUT2D eigenvalue weighted by atomic mass is 79.9. The fraction of sp³-hybridized carbons (Fsp3) is 0.217. The molecule has 0 aliphatic carbocycles. The zero-order chi connectivity index (χ0) is 21.6. The number of nitro benzene ring substituents is 1. The van der Waals surface area contributed by atoms with Gasteiger partial charge in [-0.25, -0.2) is 0 Å². The van der Waals surface area contributed by atoms with Crippen molar-refractivity contribution in [3.63, 3.8) is 0 Å². The Labute approximate surface area is 181 Å². The first-order valence-corrected chi connectivity index (χ1v) is 10.5. The molecule has 0 atom stereocenters. The Morgan fingerprint density at radius 2 is 1.77 bits per heavy atom. The second-order valence-corrected chi connectivity index (χ2v) is 8.29. The Morgan fingerprint density at radius 3 is 2.43 bits per heavy atom. The molecule has 0 N–H and O–H groups in total. The van der Waals surface area contributed by atoms with Crippen LogP contribution in [0.4, 0.5) is 5.69 Å². The summed E-state index contributed by atoms with van der Waals surface area (Å²) in [5.41, 5.74) is 2.45. The molecular weight excluding hydrogens is 448 g/mol. The molecule has 4 rings (SSSR count). The number of unbranched alkanes of at least 4 members (excludes halogenated alkanes) is 1. The molecule has 0 saturated heterocycles. The number of hydrogen-bond donors (Lipinski definition) is 0. The van der Waals surface area contributed by atoms with Crippen molar-refractivity contribution in [3.05, 3.63) is 73.7 Å². The number of carbonyl (C=O) groups excluding carboxylic acids is 2. The third-order valence-electron chi connectivity index (χ3n) is 5.48. The van der Waals surface area contributed by atoms with Crippen molar-refractivity contribution >= 4 is 44.2 Å². The van der Waals surface area contributed by atoms with Gasteiger partial charge in [0.05, 0.1) is 16.1 Å². The molecule has 0 fully saturated rings. The van der Waals surface area contributed by atoms with Crippen LogP contribution in [0.2, 0.25) is 0 Å². The Balaban J connectivity index is 2.08. The van der Waals surface area contributed by atoms with E-state index in [-0.39, 0.29) is 17.2 Å². The molecule has 152 valence electrons. The molecule has 6 nitrogen and oxygen atoms in total. The van der Waals surface area contributed by atoms with E-state index in [1.54, 1.807) is 18.2 Å². The zero-order valence-electron chi connectivity index (χ0n) is 16.6. The van der Waals surface area contributed by atoms with Crippen molar-refractivity contribution in [2.45, 2.75) is 26.7 Å². The first-order chi connectivity index (χ1) is 14.3. The number of nitrogens with zero attached hydrogens (tertiary/aromatic N) is 2. The van der Waals surface area contributed by atoms with Gasteiger partial charge in [-0.2, -0.15) is 0 Å². The van der Waals surface area contributed by atoms with Crippen LogP contribution < -0.4 is 0 Å². The Bertz CT molecular complexity index is 1240. The van der Waals surface area contributed by atoms with Gasteiger partial charge in [-0.15, -0.1) is 0 Å². The fourth-order valence-electron chi connectivity index (χ4n) is 4.05. The summed E-state index contributed by atoms with van der Waals surface area (Å²) in [6.07, 6.45) is 1.51. The topological polar surface area (TPSA) is 80.5 Å². The summed E-state index contributed by atoms with van der Waals surface area (Å²) < 4.78 is 0.867. The van der Waals surface area contributed by atoms with Crippen molar-refractivity contribution in [2.24, 2.45) is 0 Å². The summed E-state index contributed by atoms with van der Waals surface area (Å²) in [6.45, 7) is 4.15. The first-order valence-electron chi connectivity index (χ1n) is 9.72. The Hall–Kier alpha value is -3.06. The number of benzene rings is 3. The minimum Gasteiger partial charge on any atom is -0.274 e. The molecule has 3 aromatic rings. The largest absolute Gasteiger partial charge is 0.278 e. The van der Waals surface area contributed by atoms with E-state index in [4.69, 9.17) is 0 Å². The van der Waals surface area contributed by atoms with Crippen LogP contribution in [0.5, 0.6) is 0 Å². The van der Waals surface area contributed by atoms with Gasteiger partial charge in [-0.1, -0.05) is 47.5 Å². The van der Waals surface area contributed by atoms with E-state index < -0.39 is 10.8 Å². The van der Waals surface area contributed by atoms with E-state index in [9.17, 15) is 19.7 Å². The van der Waals surface area contributed by atoms with Gasteiger partial charge in [0, 0.05) is 28.0 Å². The molecule has 7 heteroatoms. The normalized spacial score (nSPS) is 13.2. The number of amides is 2. The van der Waals surface area contributed by atoms with Gasteiger partial charge in [-0.05, 0) is 48.1 Å². The summed E-state index contributed by atoms with van der Waals surface area (Å²) >= 11 is 3.42. The quantitative estimate of drug-likeness (QED) is 0.267. The van der Waals surface area contributed by atoms with Crippen LogP contribution >= 0.6 is 15.9 Å². The summed E-state index contributed by atoms with van der Waals surface area (Å²) in [5.74, 6) is -0.821. The molecule has 0 radical (unpaired) electrons. The van der Waals surface area contributed by atoms with Gasteiger partial charge in [0.25, 0.3) is 17.5 Å². The third kappa shape index (κ3) is 3.10. The van der Waals surface area contributed by atoms with E-state index in [0.717, 1.165) is 16.5 Å². The second-order valence-electron chi connectivity index (χ2n) is 7.38. The summed E-state index contributed by atoms with van der Waals surface area (Å²) in [5, 5.41) is 13.0. The standard InChI is InChI=1S/C23H19BrN2O4/c1-3-4-10-25-22(27)17-7-5-6-16-20(17)18(23(25)28)12-19(26(29)30)21(16)15-9-8-14(24)11-13(15)2/h5-9,11-12H,3-4,10H2,1-2H3. The van der Waals surface area contributed by atoms with Crippen LogP contribution in [0.15, 0.2) is 46.9 Å².